The lowest BCUT2D eigenvalue weighted by molar-refractivity contribution is 0.114. The average molecular weight is 341 g/mol. The number of benzene rings is 2. The van der Waals surface area contributed by atoms with Crippen LogP contribution in [-0.4, -0.2) is 42.0 Å². The number of amides is 2. The van der Waals surface area contributed by atoms with Gasteiger partial charge in [0.15, 0.2) is 0 Å². The molecule has 1 aliphatic rings. The molecule has 2 aromatic rings. The number of nitrogens with one attached hydrogen (secondary N) is 1. The predicted molar refractivity (Wildman–Crippen MR) is 96.6 cm³/mol. The maximum Gasteiger partial charge on any atom is 0.317 e. The molecule has 1 aliphatic heterocycles. The first-order valence-electron chi connectivity index (χ1n) is 8.70. The van der Waals surface area contributed by atoms with Crippen LogP contribution in [0.15, 0.2) is 54.6 Å². The summed E-state index contributed by atoms with van der Waals surface area (Å²) >= 11 is 0. The molecule has 0 aliphatic carbocycles. The SMILES string of the molecule is CC(c1ccccc1)N1CCN(C(=O)NCc2ccc(F)cc2)CC1. The Balaban J connectivity index is 1.46. The number of hydrogen-bond acceptors (Lipinski definition) is 2. The van der Waals surface area contributed by atoms with Crippen molar-refractivity contribution in [2.45, 2.75) is 19.5 Å². The summed E-state index contributed by atoms with van der Waals surface area (Å²) in [5.41, 5.74) is 2.20. The molecule has 5 heteroatoms. The number of carbonyl (C=O) groups is 1. The van der Waals surface area contributed by atoms with E-state index in [-0.39, 0.29) is 11.8 Å². The fourth-order valence-electron chi connectivity index (χ4n) is 3.15. The Bertz CT molecular complexity index is 682. The smallest absolute Gasteiger partial charge is 0.317 e. The summed E-state index contributed by atoms with van der Waals surface area (Å²) in [7, 11) is 0. The van der Waals surface area contributed by atoms with E-state index in [0.29, 0.717) is 25.7 Å². The summed E-state index contributed by atoms with van der Waals surface area (Å²) in [5, 5.41) is 2.91. The quantitative estimate of drug-likeness (QED) is 0.925. The summed E-state index contributed by atoms with van der Waals surface area (Å²) in [5.74, 6) is -0.265. The lowest BCUT2D eigenvalue weighted by atomic mass is 10.1. The normalized spacial score (nSPS) is 16.5. The molecular weight excluding hydrogens is 317 g/mol. The van der Waals surface area contributed by atoms with Gasteiger partial charge < -0.3 is 10.2 Å². The van der Waals surface area contributed by atoms with E-state index in [9.17, 15) is 9.18 Å². The Hall–Kier alpha value is -2.40. The predicted octanol–water partition coefficient (Wildman–Crippen LogP) is 3.41. The highest BCUT2D eigenvalue weighted by Crippen LogP contribution is 2.21. The summed E-state index contributed by atoms with van der Waals surface area (Å²) in [6, 6.07) is 16.9. The summed E-state index contributed by atoms with van der Waals surface area (Å²) < 4.78 is 12.9. The van der Waals surface area contributed by atoms with Crippen molar-refractivity contribution in [1.82, 2.24) is 15.1 Å². The standard InChI is InChI=1S/C20H24FN3O/c1-16(18-5-3-2-4-6-18)23-11-13-24(14-12-23)20(25)22-15-17-7-9-19(21)10-8-17/h2-10,16H,11-15H2,1H3,(H,22,25). The summed E-state index contributed by atoms with van der Waals surface area (Å²) in [6.07, 6.45) is 0. The average Bonchev–Trinajstić information content (AvgIpc) is 2.67. The van der Waals surface area contributed by atoms with Crippen molar-refractivity contribution in [3.8, 4) is 0 Å². The molecule has 3 rings (SSSR count). The number of carbonyl (C=O) groups excluding carboxylic acids is 1. The molecular formula is C20H24FN3O. The highest BCUT2D eigenvalue weighted by atomic mass is 19.1. The highest BCUT2D eigenvalue weighted by Gasteiger charge is 2.24. The van der Waals surface area contributed by atoms with Gasteiger partial charge in [0.25, 0.3) is 0 Å². The van der Waals surface area contributed by atoms with Crippen LogP contribution in [0.3, 0.4) is 0 Å². The van der Waals surface area contributed by atoms with Crippen molar-refractivity contribution in [3.63, 3.8) is 0 Å². The van der Waals surface area contributed by atoms with Gasteiger partial charge in [-0.05, 0) is 30.2 Å². The second kappa shape index (κ2) is 8.12. The molecule has 4 nitrogen and oxygen atoms in total. The Kier molecular flexibility index (Phi) is 5.66. The molecule has 0 aromatic heterocycles. The zero-order chi connectivity index (χ0) is 17.6. The molecule has 1 heterocycles. The maximum atomic E-state index is 12.9. The van der Waals surface area contributed by atoms with E-state index < -0.39 is 0 Å². The topological polar surface area (TPSA) is 35.6 Å². The zero-order valence-electron chi connectivity index (χ0n) is 14.5. The molecule has 132 valence electrons. The third kappa shape index (κ3) is 4.57. The van der Waals surface area contributed by atoms with Crippen LogP contribution in [0.4, 0.5) is 9.18 Å². The van der Waals surface area contributed by atoms with Crippen LogP contribution in [0.5, 0.6) is 0 Å². The first-order chi connectivity index (χ1) is 12.1. The Morgan fingerprint density at radius 2 is 1.68 bits per heavy atom. The lowest BCUT2D eigenvalue weighted by Gasteiger charge is -2.38. The van der Waals surface area contributed by atoms with Crippen molar-refractivity contribution < 1.29 is 9.18 Å². The minimum Gasteiger partial charge on any atom is -0.334 e. The van der Waals surface area contributed by atoms with Crippen LogP contribution in [0.1, 0.15) is 24.1 Å². The van der Waals surface area contributed by atoms with Crippen molar-refractivity contribution in [1.29, 1.82) is 0 Å². The van der Waals surface area contributed by atoms with Gasteiger partial charge in [0.1, 0.15) is 5.82 Å². The van der Waals surface area contributed by atoms with Crippen molar-refractivity contribution in [2.75, 3.05) is 26.2 Å². The van der Waals surface area contributed by atoms with Crippen LogP contribution in [0, 0.1) is 5.82 Å². The second-order valence-corrected chi connectivity index (χ2v) is 6.39. The van der Waals surface area contributed by atoms with Gasteiger partial charge in [-0.15, -0.1) is 0 Å². The molecule has 0 spiro atoms. The van der Waals surface area contributed by atoms with Crippen LogP contribution >= 0.6 is 0 Å². The number of halogens is 1. The molecule has 0 radical (unpaired) electrons. The molecule has 1 saturated heterocycles. The minimum atomic E-state index is -0.265. The van der Waals surface area contributed by atoms with Gasteiger partial charge in [-0.2, -0.15) is 0 Å². The van der Waals surface area contributed by atoms with Crippen molar-refractivity contribution >= 4 is 6.03 Å². The van der Waals surface area contributed by atoms with E-state index in [1.54, 1.807) is 12.1 Å². The van der Waals surface area contributed by atoms with E-state index in [2.05, 4.69) is 41.4 Å². The third-order valence-electron chi connectivity index (χ3n) is 4.79. The number of urea groups is 1. The number of piperazine rings is 1. The van der Waals surface area contributed by atoms with Crippen LogP contribution < -0.4 is 5.32 Å². The van der Waals surface area contributed by atoms with Gasteiger partial charge in [-0.3, -0.25) is 4.90 Å². The van der Waals surface area contributed by atoms with Gasteiger partial charge in [-0.1, -0.05) is 42.5 Å². The van der Waals surface area contributed by atoms with E-state index >= 15 is 0 Å². The second-order valence-electron chi connectivity index (χ2n) is 6.39. The van der Waals surface area contributed by atoms with E-state index in [1.165, 1.54) is 17.7 Å². The molecule has 1 unspecified atom stereocenters. The fourth-order valence-corrected chi connectivity index (χ4v) is 3.15. The first-order valence-corrected chi connectivity index (χ1v) is 8.70. The van der Waals surface area contributed by atoms with E-state index in [4.69, 9.17) is 0 Å². The number of hydrogen-bond donors (Lipinski definition) is 1. The van der Waals surface area contributed by atoms with Gasteiger partial charge in [0.05, 0.1) is 0 Å². The van der Waals surface area contributed by atoms with Crippen molar-refractivity contribution in [3.05, 3.63) is 71.5 Å². The van der Waals surface area contributed by atoms with E-state index in [0.717, 1.165) is 18.7 Å². The molecule has 2 amide bonds. The summed E-state index contributed by atoms with van der Waals surface area (Å²) in [4.78, 5) is 16.6. The van der Waals surface area contributed by atoms with Crippen molar-refractivity contribution in [2.24, 2.45) is 0 Å². The van der Waals surface area contributed by atoms with Gasteiger partial charge in [-0.25, -0.2) is 9.18 Å². The number of rotatable bonds is 4. The number of nitrogens with zero attached hydrogens (tertiary/aromatic N) is 2. The monoisotopic (exact) mass is 341 g/mol. The van der Waals surface area contributed by atoms with Gasteiger partial charge in [0, 0.05) is 38.8 Å². The Labute approximate surface area is 148 Å². The highest BCUT2D eigenvalue weighted by molar-refractivity contribution is 5.74. The van der Waals surface area contributed by atoms with Crippen LogP contribution in [-0.2, 0) is 6.54 Å². The lowest BCUT2D eigenvalue weighted by Crippen LogP contribution is -2.52. The van der Waals surface area contributed by atoms with Gasteiger partial charge >= 0.3 is 6.03 Å². The van der Waals surface area contributed by atoms with Crippen LogP contribution in [0.2, 0.25) is 0 Å². The van der Waals surface area contributed by atoms with E-state index in [1.807, 2.05) is 11.0 Å². The summed E-state index contributed by atoms with van der Waals surface area (Å²) in [6.45, 7) is 5.78. The molecule has 1 N–H and O–H groups in total. The van der Waals surface area contributed by atoms with Gasteiger partial charge in [0.2, 0.25) is 0 Å². The van der Waals surface area contributed by atoms with Crippen LogP contribution in [0.25, 0.3) is 0 Å². The largest absolute Gasteiger partial charge is 0.334 e. The molecule has 1 fully saturated rings. The molecule has 0 saturated carbocycles. The molecule has 0 bridgehead atoms. The first kappa shape index (κ1) is 17.4. The fraction of sp³-hybridized carbons (Fsp3) is 0.350. The zero-order valence-corrected chi connectivity index (χ0v) is 14.5. The Morgan fingerprint density at radius 3 is 2.32 bits per heavy atom. The third-order valence-corrected chi connectivity index (χ3v) is 4.79. The molecule has 1 atom stereocenters. The molecule has 2 aromatic carbocycles. The minimum absolute atomic E-state index is 0.0589. The Morgan fingerprint density at radius 1 is 1.04 bits per heavy atom. The maximum absolute atomic E-state index is 12.9. The molecule has 25 heavy (non-hydrogen) atoms.